The van der Waals surface area contributed by atoms with Crippen LogP contribution in [0.25, 0.3) is 0 Å². The third kappa shape index (κ3) is 50.0. The van der Waals surface area contributed by atoms with Crippen molar-refractivity contribution in [3.8, 4) is 0 Å². The van der Waals surface area contributed by atoms with E-state index >= 15 is 0 Å². The SMILES string of the molecule is CCCCCCCCCCCCCCCCCC(=O)N1CCC(OC(=O)CCC(=O)NCCCC(C)C)C1.CCCCCCCCCCCCCCCCCC(=O)OC.COC(C)(C)CCO. The molecular weight excluding hydrogens is 841 g/mol. The molecule has 0 aliphatic carbocycles. The average Bonchev–Trinajstić information content (AvgIpc) is 3.78. The highest BCUT2D eigenvalue weighted by atomic mass is 16.5. The maximum absolute atomic E-state index is 12.5. The first-order valence-corrected chi connectivity index (χ1v) is 28.3. The zero-order chi connectivity index (χ0) is 50.1. The number of nitrogens with zero attached hydrogens (tertiary/aromatic N) is 1. The number of ether oxygens (including phenoxy) is 3. The van der Waals surface area contributed by atoms with E-state index in [0.717, 1.165) is 32.1 Å². The Kier molecular flexibility index (Phi) is 50.1. The summed E-state index contributed by atoms with van der Waals surface area (Å²) in [6.07, 6.45) is 44.8. The van der Waals surface area contributed by atoms with Crippen molar-refractivity contribution < 1.29 is 38.5 Å². The summed E-state index contributed by atoms with van der Waals surface area (Å²) in [4.78, 5) is 49.3. The minimum atomic E-state index is -0.343. The van der Waals surface area contributed by atoms with Gasteiger partial charge >= 0.3 is 11.9 Å². The van der Waals surface area contributed by atoms with Gasteiger partial charge in [0.25, 0.3) is 0 Å². The number of hydrogen-bond acceptors (Lipinski definition) is 8. The fourth-order valence-corrected chi connectivity index (χ4v) is 8.26. The molecule has 1 saturated heterocycles. The Bertz CT molecular complexity index is 1120. The number of likely N-dealkylation sites (tertiary alicyclic amines) is 1. The molecule has 67 heavy (non-hydrogen) atoms. The van der Waals surface area contributed by atoms with Crippen molar-refractivity contribution in [1.29, 1.82) is 0 Å². The van der Waals surface area contributed by atoms with Gasteiger partial charge in [-0.15, -0.1) is 0 Å². The number of aliphatic hydroxyl groups is 1. The summed E-state index contributed by atoms with van der Waals surface area (Å²) in [6, 6.07) is 0. The maximum Gasteiger partial charge on any atom is 0.306 e. The van der Waals surface area contributed by atoms with Crippen molar-refractivity contribution in [1.82, 2.24) is 10.2 Å². The number of hydrogen-bond donors (Lipinski definition) is 2. The van der Waals surface area contributed by atoms with Crippen molar-refractivity contribution in [3.05, 3.63) is 0 Å². The lowest BCUT2D eigenvalue weighted by molar-refractivity contribution is -0.150. The fraction of sp³-hybridized carbons (Fsp3) is 0.930. The zero-order valence-corrected chi connectivity index (χ0v) is 45.6. The molecular formula is C57H112N2O8. The lowest BCUT2D eigenvalue weighted by Gasteiger charge is -2.20. The van der Waals surface area contributed by atoms with Gasteiger partial charge in [0.15, 0.2) is 0 Å². The molecule has 398 valence electrons. The highest BCUT2D eigenvalue weighted by Crippen LogP contribution is 2.19. The number of amides is 2. The van der Waals surface area contributed by atoms with Gasteiger partial charge in [-0.2, -0.15) is 0 Å². The highest BCUT2D eigenvalue weighted by Gasteiger charge is 2.28. The van der Waals surface area contributed by atoms with E-state index in [1.165, 1.54) is 180 Å². The summed E-state index contributed by atoms with van der Waals surface area (Å²) in [5, 5.41) is 11.3. The standard InChI is InChI=1S/C32H60N2O4.C19H38O2.C6H14O2/c1-4-5-6-7-8-9-10-11-12-13-14-15-16-17-18-21-31(36)34-26-24-29(27-34)38-32(37)23-22-30(35)33-25-19-20-28(2)3;1-3-4-5-6-7-8-9-10-11-12-13-14-15-16-17-18-19(20)21-2;1-6(2,8-3)4-5-7/h28-29H,4-27H2,1-3H3,(H,33,35);3-18H2,1-2H3;7H,4-5H2,1-3H3. The van der Waals surface area contributed by atoms with E-state index in [2.05, 4.69) is 37.7 Å². The lowest BCUT2D eigenvalue weighted by Crippen LogP contribution is -2.31. The summed E-state index contributed by atoms with van der Waals surface area (Å²) >= 11 is 0. The molecule has 0 aromatic heterocycles. The first-order chi connectivity index (χ1) is 32.3. The first kappa shape index (κ1) is 66.9. The van der Waals surface area contributed by atoms with Crippen LogP contribution in [0.1, 0.15) is 286 Å². The molecule has 1 aliphatic heterocycles. The third-order valence-corrected chi connectivity index (χ3v) is 13.1. The van der Waals surface area contributed by atoms with Crippen molar-refractivity contribution in [2.24, 2.45) is 5.92 Å². The summed E-state index contributed by atoms with van der Waals surface area (Å²) in [5.41, 5.74) is -0.158. The predicted molar refractivity (Wildman–Crippen MR) is 281 cm³/mol. The molecule has 1 heterocycles. The normalized spacial score (nSPS) is 13.5. The van der Waals surface area contributed by atoms with Gasteiger partial charge in [0.1, 0.15) is 6.10 Å². The van der Waals surface area contributed by atoms with Crippen LogP contribution < -0.4 is 5.32 Å². The number of carbonyl (C=O) groups is 4. The van der Waals surface area contributed by atoms with Gasteiger partial charge in [0.05, 0.1) is 25.7 Å². The Morgan fingerprint density at radius 3 is 1.37 bits per heavy atom. The molecule has 1 atom stereocenters. The van der Waals surface area contributed by atoms with Crippen LogP contribution in [-0.2, 0) is 33.4 Å². The molecule has 1 unspecified atom stereocenters. The van der Waals surface area contributed by atoms with Crippen LogP contribution in [0.15, 0.2) is 0 Å². The van der Waals surface area contributed by atoms with Crippen molar-refractivity contribution in [3.63, 3.8) is 0 Å². The van der Waals surface area contributed by atoms with Crippen LogP contribution in [0.4, 0.5) is 0 Å². The van der Waals surface area contributed by atoms with Gasteiger partial charge in [0.2, 0.25) is 11.8 Å². The van der Waals surface area contributed by atoms with Gasteiger partial charge in [-0.25, -0.2) is 0 Å². The quantitative estimate of drug-likeness (QED) is 0.0456. The molecule has 0 spiro atoms. The molecule has 0 radical (unpaired) electrons. The summed E-state index contributed by atoms with van der Waals surface area (Å²) in [6.45, 7) is 14.8. The van der Waals surface area contributed by atoms with E-state index in [1.54, 1.807) is 7.11 Å². The Labute approximate surface area is 414 Å². The second-order valence-corrected chi connectivity index (χ2v) is 20.5. The fourth-order valence-electron chi connectivity index (χ4n) is 8.26. The second kappa shape index (κ2) is 50.2. The van der Waals surface area contributed by atoms with Gasteiger partial charge in [-0.05, 0) is 51.9 Å². The Hall–Kier alpha value is -2.20. The average molecular weight is 954 g/mol. The number of aliphatic hydroxyl groups excluding tert-OH is 1. The highest BCUT2D eigenvalue weighted by molar-refractivity contribution is 5.81. The minimum Gasteiger partial charge on any atom is -0.469 e. The molecule has 1 rings (SSSR count). The molecule has 1 aliphatic rings. The smallest absolute Gasteiger partial charge is 0.306 e. The van der Waals surface area contributed by atoms with Crippen LogP contribution in [-0.4, -0.2) is 85.9 Å². The molecule has 0 aromatic rings. The van der Waals surface area contributed by atoms with Gasteiger partial charge in [-0.1, -0.05) is 207 Å². The number of unbranched alkanes of at least 4 members (excludes halogenated alkanes) is 28. The summed E-state index contributed by atoms with van der Waals surface area (Å²) in [5.74, 6) is 0.300. The zero-order valence-electron chi connectivity index (χ0n) is 45.6. The van der Waals surface area contributed by atoms with E-state index in [4.69, 9.17) is 14.6 Å². The molecule has 10 heteroatoms. The van der Waals surface area contributed by atoms with Crippen LogP contribution in [0.2, 0.25) is 0 Å². The van der Waals surface area contributed by atoms with Crippen molar-refractivity contribution >= 4 is 23.8 Å². The largest absolute Gasteiger partial charge is 0.469 e. The van der Waals surface area contributed by atoms with Crippen molar-refractivity contribution in [2.75, 3.05) is 40.5 Å². The van der Waals surface area contributed by atoms with E-state index < -0.39 is 0 Å². The van der Waals surface area contributed by atoms with Gasteiger partial charge in [0, 0.05) is 52.5 Å². The molecule has 0 bridgehead atoms. The maximum atomic E-state index is 12.5. The summed E-state index contributed by atoms with van der Waals surface area (Å²) < 4.78 is 15.2. The molecule has 2 amide bonds. The third-order valence-electron chi connectivity index (χ3n) is 13.1. The number of methoxy groups -OCH3 is 2. The first-order valence-electron chi connectivity index (χ1n) is 28.3. The predicted octanol–water partition coefficient (Wildman–Crippen LogP) is 14.9. The van der Waals surface area contributed by atoms with Crippen LogP contribution in [0.5, 0.6) is 0 Å². The molecule has 0 saturated carbocycles. The molecule has 10 nitrogen and oxygen atoms in total. The van der Waals surface area contributed by atoms with Crippen LogP contribution in [0, 0.1) is 5.92 Å². The topological polar surface area (TPSA) is 131 Å². The Morgan fingerprint density at radius 1 is 0.582 bits per heavy atom. The monoisotopic (exact) mass is 953 g/mol. The van der Waals surface area contributed by atoms with Crippen molar-refractivity contribution in [2.45, 2.75) is 297 Å². The van der Waals surface area contributed by atoms with Gasteiger partial charge in [-0.3, -0.25) is 19.2 Å². The summed E-state index contributed by atoms with van der Waals surface area (Å²) in [7, 11) is 3.11. The second-order valence-electron chi connectivity index (χ2n) is 20.5. The minimum absolute atomic E-state index is 0.0651. The lowest BCUT2D eigenvalue weighted by atomic mass is 10.0. The van der Waals surface area contributed by atoms with E-state index in [0.29, 0.717) is 51.2 Å². The number of nitrogens with one attached hydrogen (secondary N) is 1. The number of rotatable bonds is 43. The molecule has 1 fully saturated rings. The Balaban J connectivity index is 0. The molecule has 0 aromatic carbocycles. The van der Waals surface area contributed by atoms with Gasteiger partial charge < -0.3 is 29.5 Å². The van der Waals surface area contributed by atoms with E-state index in [-0.39, 0.29) is 54.9 Å². The Morgan fingerprint density at radius 2 is 1.00 bits per heavy atom. The number of carbonyl (C=O) groups excluding carboxylic acids is 4. The molecule has 2 N–H and O–H groups in total. The van der Waals surface area contributed by atoms with E-state index in [9.17, 15) is 19.2 Å². The van der Waals surface area contributed by atoms with E-state index in [1.807, 2.05) is 18.7 Å². The van der Waals surface area contributed by atoms with Crippen LogP contribution >= 0.6 is 0 Å². The number of esters is 2. The van der Waals surface area contributed by atoms with Crippen LogP contribution in [0.3, 0.4) is 0 Å².